The number of rotatable bonds is 4. The fourth-order valence-electron chi connectivity index (χ4n) is 5.32. The van der Waals surface area contributed by atoms with Gasteiger partial charge in [0.05, 0.1) is 22.8 Å². The molecule has 0 unspecified atom stereocenters. The van der Waals surface area contributed by atoms with E-state index in [9.17, 15) is 14.7 Å². The molecular weight excluding hydrogens is 474 g/mol. The van der Waals surface area contributed by atoms with Gasteiger partial charge in [0, 0.05) is 47.9 Å². The maximum absolute atomic E-state index is 13.7. The second kappa shape index (κ2) is 8.91. The Kier molecular flexibility index (Phi) is 5.56. The van der Waals surface area contributed by atoms with E-state index in [0.29, 0.717) is 35.5 Å². The van der Waals surface area contributed by atoms with Crippen molar-refractivity contribution in [3.63, 3.8) is 0 Å². The van der Waals surface area contributed by atoms with Crippen LogP contribution < -0.4 is 0 Å². The minimum atomic E-state index is -1.10. The van der Waals surface area contributed by atoms with Crippen LogP contribution in [0.4, 0.5) is 4.79 Å². The van der Waals surface area contributed by atoms with Gasteiger partial charge in [-0.15, -0.1) is 11.3 Å². The number of hydrogen-bond acceptors (Lipinski definition) is 5. The molecule has 4 aromatic heterocycles. The average molecular weight is 500 g/mol. The van der Waals surface area contributed by atoms with Crippen molar-refractivity contribution in [3.05, 3.63) is 71.8 Å². The highest BCUT2D eigenvalue weighted by molar-refractivity contribution is 7.13. The number of benzene rings is 1. The molecule has 0 radical (unpaired) electrons. The molecule has 1 aliphatic heterocycles. The predicted molar refractivity (Wildman–Crippen MR) is 140 cm³/mol. The Morgan fingerprint density at radius 2 is 1.94 bits per heavy atom. The van der Waals surface area contributed by atoms with E-state index < -0.39 is 6.09 Å². The molecule has 5 aromatic rings. The lowest BCUT2D eigenvalue weighted by molar-refractivity contribution is 0.0685. The van der Waals surface area contributed by atoms with Gasteiger partial charge < -0.3 is 14.6 Å². The number of likely N-dealkylation sites (tertiary alicyclic amines) is 1. The Morgan fingerprint density at radius 1 is 1.11 bits per heavy atom. The molecule has 0 saturated carbocycles. The van der Waals surface area contributed by atoms with E-state index in [1.165, 1.54) is 6.20 Å². The van der Waals surface area contributed by atoms with Crippen molar-refractivity contribution < 1.29 is 14.7 Å². The fourth-order valence-corrected chi connectivity index (χ4v) is 6.08. The zero-order valence-electron chi connectivity index (χ0n) is 19.8. The Bertz CT molecular complexity index is 1590. The minimum Gasteiger partial charge on any atom is -0.464 e. The lowest BCUT2D eigenvalue weighted by Gasteiger charge is -2.32. The number of amides is 1. The summed E-state index contributed by atoms with van der Waals surface area (Å²) in [6, 6.07) is 11.5. The van der Waals surface area contributed by atoms with Crippen molar-refractivity contribution in [2.24, 2.45) is 5.92 Å². The standard InChI is InChI=1S/C27H25N5O3S/c1-17-29-21-14-28-10-7-22(21)31(17)15-18-8-11-30(12-9-18)26(33)20-16-32(27(34)35)23-5-2-4-19(25(20)23)24-6-3-13-36-24/h2-7,10,13-14,16,18H,8-9,11-12,15H2,1H3,(H,34,35). The second-order valence-electron chi connectivity index (χ2n) is 9.24. The zero-order valence-corrected chi connectivity index (χ0v) is 20.6. The molecule has 182 valence electrons. The molecule has 1 aromatic carbocycles. The van der Waals surface area contributed by atoms with E-state index >= 15 is 0 Å². The van der Waals surface area contributed by atoms with Crippen molar-refractivity contribution in [1.29, 1.82) is 0 Å². The summed E-state index contributed by atoms with van der Waals surface area (Å²) in [4.78, 5) is 37.4. The normalized spacial score (nSPS) is 14.6. The summed E-state index contributed by atoms with van der Waals surface area (Å²) in [5.41, 5.74) is 3.85. The van der Waals surface area contributed by atoms with Gasteiger partial charge in [0.2, 0.25) is 0 Å². The van der Waals surface area contributed by atoms with Crippen molar-refractivity contribution in [3.8, 4) is 10.4 Å². The molecule has 1 fully saturated rings. The first kappa shape index (κ1) is 22.5. The molecule has 0 atom stereocenters. The lowest BCUT2D eigenvalue weighted by atomic mass is 9.95. The van der Waals surface area contributed by atoms with Gasteiger partial charge in [-0.05, 0) is 49.3 Å². The molecule has 5 heterocycles. The Labute approximate surface area is 211 Å². The number of nitrogens with zero attached hydrogens (tertiary/aromatic N) is 5. The van der Waals surface area contributed by atoms with Gasteiger partial charge in [-0.1, -0.05) is 18.2 Å². The molecule has 1 saturated heterocycles. The first-order valence-electron chi connectivity index (χ1n) is 12.0. The maximum Gasteiger partial charge on any atom is 0.416 e. The van der Waals surface area contributed by atoms with Crippen molar-refractivity contribution in [2.45, 2.75) is 26.3 Å². The van der Waals surface area contributed by atoms with Crippen LogP contribution in [-0.2, 0) is 6.54 Å². The van der Waals surface area contributed by atoms with E-state index in [0.717, 1.165) is 51.3 Å². The monoisotopic (exact) mass is 499 g/mol. The third-order valence-electron chi connectivity index (χ3n) is 7.14. The first-order chi connectivity index (χ1) is 17.5. The van der Waals surface area contributed by atoms with Gasteiger partial charge in [0.25, 0.3) is 5.91 Å². The van der Waals surface area contributed by atoms with E-state index in [2.05, 4.69) is 14.5 Å². The summed E-state index contributed by atoms with van der Waals surface area (Å²) in [5.74, 6) is 1.29. The van der Waals surface area contributed by atoms with Gasteiger partial charge in [0.15, 0.2) is 0 Å². The number of aromatic nitrogens is 4. The molecule has 1 amide bonds. The first-order valence-corrected chi connectivity index (χ1v) is 12.9. The van der Waals surface area contributed by atoms with Crippen molar-refractivity contribution in [1.82, 2.24) is 24.0 Å². The van der Waals surface area contributed by atoms with Crippen LogP contribution in [-0.4, -0.2) is 54.2 Å². The number of carboxylic acid groups (broad SMARTS) is 1. The third kappa shape index (κ3) is 3.76. The van der Waals surface area contributed by atoms with Crippen molar-refractivity contribution in [2.75, 3.05) is 13.1 Å². The third-order valence-corrected chi connectivity index (χ3v) is 8.04. The number of thiophene rings is 1. The quantitative estimate of drug-likeness (QED) is 0.352. The summed E-state index contributed by atoms with van der Waals surface area (Å²) >= 11 is 1.58. The molecule has 0 spiro atoms. The highest BCUT2D eigenvalue weighted by atomic mass is 32.1. The number of pyridine rings is 1. The molecule has 9 heteroatoms. The summed E-state index contributed by atoms with van der Waals surface area (Å²) in [6.07, 6.45) is 5.72. The second-order valence-corrected chi connectivity index (χ2v) is 10.2. The molecule has 1 aliphatic rings. The molecule has 36 heavy (non-hydrogen) atoms. The van der Waals surface area contributed by atoms with E-state index in [1.807, 2.05) is 47.5 Å². The van der Waals surface area contributed by atoms with Gasteiger partial charge >= 0.3 is 6.09 Å². The minimum absolute atomic E-state index is 0.113. The molecule has 0 aliphatic carbocycles. The summed E-state index contributed by atoms with van der Waals surface area (Å²) in [6.45, 7) is 4.15. The fraction of sp³-hybridized carbons (Fsp3) is 0.259. The summed E-state index contributed by atoms with van der Waals surface area (Å²) < 4.78 is 3.40. The van der Waals surface area contributed by atoms with Crippen LogP contribution in [0.3, 0.4) is 0 Å². The van der Waals surface area contributed by atoms with Gasteiger partial charge in [0.1, 0.15) is 11.3 Å². The summed E-state index contributed by atoms with van der Waals surface area (Å²) in [5, 5.41) is 12.5. The largest absolute Gasteiger partial charge is 0.464 e. The van der Waals surface area contributed by atoms with Crippen LogP contribution in [0.15, 0.2) is 60.4 Å². The van der Waals surface area contributed by atoms with Gasteiger partial charge in [-0.2, -0.15) is 0 Å². The number of imidazole rings is 1. The zero-order chi connectivity index (χ0) is 24.8. The average Bonchev–Trinajstić information content (AvgIpc) is 3.62. The van der Waals surface area contributed by atoms with Crippen LogP contribution in [0.5, 0.6) is 0 Å². The topological polar surface area (TPSA) is 93.3 Å². The maximum atomic E-state index is 13.7. The Hall–Kier alpha value is -3.98. The smallest absolute Gasteiger partial charge is 0.416 e. The molecule has 1 N–H and O–H groups in total. The predicted octanol–water partition coefficient (Wildman–Crippen LogP) is 5.50. The Morgan fingerprint density at radius 3 is 2.69 bits per heavy atom. The summed E-state index contributed by atoms with van der Waals surface area (Å²) in [7, 11) is 0. The van der Waals surface area contributed by atoms with Gasteiger partial charge in [-0.3, -0.25) is 14.3 Å². The number of fused-ring (bicyclic) bond motifs is 2. The SMILES string of the molecule is Cc1nc2cnccc2n1CC1CCN(C(=O)c2cn(C(=O)O)c3cccc(-c4cccs4)c23)CC1. The molecular formula is C27H25N5O3S. The van der Waals surface area contributed by atoms with E-state index in [4.69, 9.17) is 0 Å². The van der Waals surface area contributed by atoms with Crippen LogP contribution in [0, 0.1) is 12.8 Å². The van der Waals surface area contributed by atoms with Crippen LogP contribution in [0.2, 0.25) is 0 Å². The van der Waals surface area contributed by atoms with E-state index in [-0.39, 0.29) is 5.91 Å². The number of hydrogen-bond donors (Lipinski definition) is 1. The van der Waals surface area contributed by atoms with Gasteiger partial charge in [-0.25, -0.2) is 9.78 Å². The molecule has 8 nitrogen and oxygen atoms in total. The number of aryl methyl sites for hydroxylation is 1. The Balaban J connectivity index is 1.26. The van der Waals surface area contributed by atoms with E-state index in [1.54, 1.807) is 29.8 Å². The molecule has 0 bridgehead atoms. The van der Waals surface area contributed by atoms with Crippen LogP contribution in [0.25, 0.3) is 32.4 Å². The van der Waals surface area contributed by atoms with Crippen molar-refractivity contribution >= 4 is 45.3 Å². The highest BCUT2D eigenvalue weighted by Crippen LogP contribution is 2.36. The highest BCUT2D eigenvalue weighted by Gasteiger charge is 2.28. The van der Waals surface area contributed by atoms with Crippen LogP contribution >= 0.6 is 11.3 Å². The lowest BCUT2D eigenvalue weighted by Crippen LogP contribution is -2.39. The van der Waals surface area contributed by atoms with Crippen LogP contribution in [0.1, 0.15) is 29.0 Å². The molecule has 6 rings (SSSR count). The number of carbonyl (C=O) groups excluding carboxylic acids is 1. The number of piperidine rings is 1. The number of carbonyl (C=O) groups is 2.